The fourth-order valence-electron chi connectivity index (χ4n) is 0.958. The molecule has 2 heteroatoms. The zero-order valence-electron chi connectivity index (χ0n) is 5.52. The van der Waals surface area contributed by atoms with E-state index in [1.165, 1.54) is 0 Å². The van der Waals surface area contributed by atoms with Crippen LogP contribution in [0.2, 0.25) is 0 Å². The highest BCUT2D eigenvalue weighted by molar-refractivity contribution is 5.74. The normalized spacial score (nSPS) is 26.6. The molecule has 1 fully saturated rings. The molecule has 1 rings (SSSR count). The zero-order chi connectivity index (χ0) is 6.85. The van der Waals surface area contributed by atoms with Crippen molar-refractivity contribution in [2.75, 3.05) is 0 Å². The van der Waals surface area contributed by atoms with E-state index >= 15 is 0 Å². The highest BCUT2D eigenvalue weighted by Gasteiger charge is 2.25. The van der Waals surface area contributed by atoms with E-state index in [2.05, 4.69) is 6.58 Å². The molecular formula is C7H10O2. The highest BCUT2D eigenvalue weighted by Crippen LogP contribution is 2.26. The summed E-state index contributed by atoms with van der Waals surface area (Å²) in [5.74, 6) is 0.784. The monoisotopic (exact) mass is 126 g/mol. The van der Waals surface area contributed by atoms with E-state index in [0.717, 1.165) is 6.42 Å². The SMILES string of the molecule is C=C1OC(=O)CC1CC. The smallest absolute Gasteiger partial charge is 0.311 e. The third kappa shape index (κ3) is 1.12. The summed E-state index contributed by atoms with van der Waals surface area (Å²) in [5, 5.41) is 0. The molecular weight excluding hydrogens is 116 g/mol. The van der Waals surface area contributed by atoms with Gasteiger partial charge in [-0.1, -0.05) is 13.5 Å². The van der Waals surface area contributed by atoms with Crippen LogP contribution < -0.4 is 0 Å². The maximum atomic E-state index is 10.5. The Balaban J connectivity index is 2.58. The van der Waals surface area contributed by atoms with E-state index in [1.54, 1.807) is 0 Å². The summed E-state index contributed by atoms with van der Waals surface area (Å²) >= 11 is 0. The Hall–Kier alpha value is -0.790. The fraction of sp³-hybridized carbons (Fsp3) is 0.571. The van der Waals surface area contributed by atoms with Crippen molar-refractivity contribution in [2.24, 2.45) is 5.92 Å². The molecule has 0 aromatic heterocycles. The van der Waals surface area contributed by atoms with Crippen LogP contribution in [0.15, 0.2) is 12.3 Å². The average Bonchev–Trinajstić information content (AvgIpc) is 2.10. The molecule has 1 aliphatic heterocycles. The van der Waals surface area contributed by atoms with Crippen LogP contribution >= 0.6 is 0 Å². The highest BCUT2D eigenvalue weighted by atomic mass is 16.5. The maximum absolute atomic E-state index is 10.5. The van der Waals surface area contributed by atoms with Crippen LogP contribution in [-0.4, -0.2) is 5.97 Å². The van der Waals surface area contributed by atoms with E-state index < -0.39 is 0 Å². The second-order valence-corrected chi connectivity index (χ2v) is 2.25. The van der Waals surface area contributed by atoms with Crippen molar-refractivity contribution in [3.8, 4) is 0 Å². The molecule has 2 nitrogen and oxygen atoms in total. The largest absolute Gasteiger partial charge is 0.431 e. The van der Waals surface area contributed by atoms with Gasteiger partial charge in [0.1, 0.15) is 5.76 Å². The zero-order valence-corrected chi connectivity index (χ0v) is 5.52. The number of esters is 1. The van der Waals surface area contributed by atoms with Gasteiger partial charge in [0, 0.05) is 5.92 Å². The molecule has 0 spiro atoms. The predicted molar refractivity (Wildman–Crippen MR) is 33.6 cm³/mol. The van der Waals surface area contributed by atoms with E-state index in [9.17, 15) is 4.79 Å². The van der Waals surface area contributed by atoms with E-state index in [1.807, 2.05) is 6.92 Å². The lowest BCUT2D eigenvalue weighted by Crippen LogP contribution is -1.92. The molecule has 0 aromatic rings. The molecule has 0 N–H and O–H groups in total. The van der Waals surface area contributed by atoms with Crippen molar-refractivity contribution < 1.29 is 9.53 Å². The van der Waals surface area contributed by atoms with Gasteiger partial charge in [-0.25, -0.2) is 0 Å². The van der Waals surface area contributed by atoms with Crippen LogP contribution in [-0.2, 0) is 9.53 Å². The number of allylic oxidation sites excluding steroid dienone is 1. The Morgan fingerprint density at radius 3 is 2.78 bits per heavy atom. The van der Waals surface area contributed by atoms with E-state index in [-0.39, 0.29) is 11.9 Å². The molecule has 1 aliphatic rings. The lowest BCUT2D eigenvalue weighted by Gasteiger charge is -1.99. The standard InChI is InChI=1S/C7H10O2/c1-3-6-4-7(8)9-5(6)2/h6H,2-4H2,1H3. The number of carbonyl (C=O) groups excluding carboxylic acids is 1. The summed E-state index contributed by atoms with van der Waals surface area (Å²) in [6, 6.07) is 0. The number of carbonyl (C=O) groups is 1. The van der Waals surface area contributed by atoms with Crippen LogP contribution in [0.3, 0.4) is 0 Å². The maximum Gasteiger partial charge on any atom is 0.311 e. The quantitative estimate of drug-likeness (QED) is 0.497. The van der Waals surface area contributed by atoms with Gasteiger partial charge in [0.25, 0.3) is 0 Å². The van der Waals surface area contributed by atoms with Gasteiger partial charge < -0.3 is 4.74 Å². The van der Waals surface area contributed by atoms with Crippen molar-refractivity contribution >= 4 is 5.97 Å². The van der Waals surface area contributed by atoms with Gasteiger partial charge in [-0.15, -0.1) is 0 Å². The van der Waals surface area contributed by atoms with Gasteiger partial charge in [0.2, 0.25) is 0 Å². The Kier molecular flexibility index (Phi) is 1.56. The minimum Gasteiger partial charge on any atom is -0.431 e. The molecule has 1 unspecified atom stereocenters. The Labute approximate surface area is 54.5 Å². The molecule has 0 aliphatic carbocycles. The number of hydrogen-bond acceptors (Lipinski definition) is 2. The van der Waals surface area contributed by atoms with Crippen LogP contribution in [0.25, 0.3) is 0 Å². The average molecular weight is 126 g/mol. The van der Waals surface area contributed by atoms with Crippen molar-refractivity contribution in [1.82, 2.24) is 0 Å². The molecule has 0 aromatic carbocycles. The van der Waals surface area contributed by atoms with E-state index in [0.29, 0.717) is 12.2 Å². The first kappa shape index (κ1) is 6.33. The van der Waals surface area contributed by atoms with Gasteiger partial charge in [0.15, 0.2) is 0 Å². The van der Waals surface area contributed by atoms with Crippen LogP contribution in [0, 0.1) is 5.92 Å². The Morgan fingerprint density at radius 2 is 2.56 bits per heavy atom. The van der Waals surface area contributed by atoms with Gasteiger partial charge in [-0.3, -0.25) is 4.79 Å². The second kappa shape index (κ2) is 2.21. The molecule has 1 saturated heterocycles. The minimum atomic E-state index is -0.133. The number of ether oxygens (including phenoxy) is 1. The molecule has 0 radical (unpaired) electrons. The molecule has 1 heterocycles. The van der Waals surface area contributed by atoms with Crippen LogP contribution in [0.5, 0.6) is 0 Å². The van der Waals surface area contributed by atoms with Gasteiger partial charge in [-0.2, -0.15) is 0 Å². The number of hydrogen-bond donors (Lipinski definition) is 0. The molecule has 9 heavy (non-hydrogen) atoms. The van der Waals surface area contributed by atoms with E-state index in [4.69, 9.17) is 4.74 Å². The minimum absolute atomic E-state index is 0.133. The molecule has 1 atom stereocenters. The summed E-state index contributed by atoms with van der Waals surface area (Å²) in [6.45, 7) is 5.64. The first-order valence-corrected chi connectivity index (χ1v) is 3.13. The molecule has 50 valence electrons. The Bertz CT molecular complexity index is 149. The van der Waals surface area contributed by atoms with Crippen molar-refractivity contribution in [2.45, 2.75) is 19.8 Å². The lowest BCUT2D eigenvalue weighted by atomic mass is 10.0. The summed E-state index contributed by atoms with van der Waals surface area (Å²) in [5.41, 5.74) is 0. The van der Waals surface area contributed by atoms with Crippen molar-refractivity contribution in [3.05, 3.63) is 12.3 Å². The number of cyclic esters (lactones) is 1. The predicted octanol–water partition coefficient (Wildman–Crippen LogP) is 1.47. The first-order valence-electron chi connectivity index (χ1n) is 3.13. The fourth-order valence-corrected chi connectivity index (χ4v) is 0.958. The molecule has 0 saturated carbocycles. The summed E-state index contributed by atoms with van der Waals surface area (Å²) in [6.07, 6.45) is 1.47. The summed E-state index contributed by atoms with van der Waals surface area (Å²) < 4.78 is 4.73. The lowest BCUT2D eigenvalue weighted by molar-refractivity contribution is -0.135. The summed E-state index contributed by atoms with van der Waals surface area (Å²) in [7, 11) is 0. The third-order valence-electron chi connectivity index (χ3n) is 1.61. The molecule has 0 bridgehead atoms. The molecule has 0 amide bonds. The van der Waals surface area contributed by atoms with Crippen molar-refractivity contribution in [1.29, 1.82) is 0 Å². The third-order valence-corrected chi connectivity index (χ3v) is 1.61. The van der Waals surface area contributed by atoms with Crippen molar-refractivity contribution in [3.63, 3.8) is 0 Å². The second-order valence-electron chi connectivity index (χ2n) is 2.25. The van der Waals surface area contributed by atoms with Gasteiger partial charge in [-0.05, 0) is 6.42 Å². The topological polar surface area (TPSA) is 26.3 Å². The van der Waals surface area contributed by atoms with Gasteiger partial charge >= 0.3 is 5.97 Å². The van der Waals surface area contributed by atoms with Crippen LogP contribution in [0.4, 0.5) is 0 Å². The van der Waals surface area contributed by atoms with Crippen LogP contribution in [0.1, 0.15) is 19.8 Å². The Morgan fingerprint density at radius 1 is 1.89 bits per heavy atom. The van der Waals surface area contributed by atoms with Gasteiger partial charge in [0.05, 0.1) is 6.42 Å². The summed E-state index contributed by atoms with van der Waals surface area (Å²) in [4.78, 5) is 10.5. The number of rotatable bonds is 1. The first-order chi connectivity index (χ1) is 4.24.